The molecule has 0 saturated heterocycles. The molecule has 0 bridgehead atoms. The van der Waals surface area contributed by atoms with Gasteiger partial charge in [-0.2, -0.15) is 4.98 Å². The molecule has 2 aromatic rings. The monoisotopic (exact) mass is 407 g/mol. The average Bonchev–Trinajstić information content (AvgIpc) is 3.24. The maximum absolute atomic E-state index is 13.6. The number of nitrogens with zero attached hydrogens (tertiary/aromatic N) is 2. The SMILES string of the molecule is C=C/C(C)=C(/F)C=C.CC.CC/C(C)=C(/N)c1nc(-c2cc(F)ccc2F)no1. The highest BCUT2D eigenvalue weighted by Gasteiger charge is 2.15. The van der Waals surface area contributed by atoms with Crippen molar-refractivity contribution in [1.29, 1.82) is 0 Å². The van der Waals surface area contributed by atoms with E-state index < -0.39 is 11.6 Å². The molecule has 0 saturated carbocycles. The molecule has 4 nitrogen and oxygen atoms in total. The van der Waals surface area contributed by atoms with Gasteiger partial charge in [0.2, 0.25) is 5.82 Å². The molecule has 0 spiro atoms. The Hall–Kier alpha value is -3.09. The van der Waals surface area contributed by atoms with E-state index >= 15 is 0 Å². The molecule has 0 aliphatic carbocycles. The summed E-state index contributed by atoms with van der Waals surface area (Å²) in [6.45, 7) is 16.0. The van der Waals surface area contributed by atoms with Crippen LogP contribution in [-0.4, -0.2) is 10.1 Å². The van der Waals surface area contributed by atoms with Crippen LogP contribution >= 0.6 is 0 Å². The summed E-state index contributed by atoms with van der Waals surface area (Å²) in [4.78, 5) is 3.98. The fourth-order valence-electron chi connectivity index (χ4n) is 1.74. The molecule has 0 fully saturated rings. The smallest absolute Gasteiger partial charge is 0.274 e. The van der Waals surface area contributed by atoms with Crippen LogP contribution < -0.4 is 5.73 Å². The highest BCUT2D eigenvalue weighted by Crippen LogP contribution is 2.23. The van der Waals surface area contributed by atoms with E-state index in [1.54, 1.807) is 6.92 Å². The third kappa shape index (κ3) is 7.81. The molecule has 2 N–H and O–H groups in total. The Bertz CT molecular complexity index is 867. The minimum Gasteiger partial charge on any atom is -0.394 e. The van der Waals surface area contributed by atoms with Crippen LogP contribution in [-0.2, 0) is 0 Å². The maximum atomic E-state index is 13.6. The van der Waals surface area contributed by atoms with Crippen LogP contribution in [0, 0.1) is 11.6 Å². The summed E-state index contributed by atoms with van der Waals surface area (Å²) in [7, 11) is 0. The van der Waals surface area contributed by atoms with Crippen molar-refractivity contribution in [3.8, 4) is 11.4 Å². The Labute approximate surface area is 170 Å². The molecule has 0 aliphatic heterocycles. The first-order valence-electron chi connectivity index (χ1n) is 9.11. The molecule has 0 unspecified atom stereocenters. The highest BCUT2D eigenvalue weighted by molar-refractivity contribution is 5.62. The maximum Gasteiger partial charge on any atom is 0.274 e. The van der Waals surface area contributed by atoms with Crippen molar-refractivity contribution in [2.45, 2.75) is 41.0 Å². The van der Waals surface area contributed by atoms with E-state index in [1.807, 2.05) is 27.7 Å². The largest absolute Gasteiger partial charge is 0.394 e. The van der Waals surface area contributed by atoms with E-state index in [-0.39, 0.29) is 23.1 Å². The van der Waals surface area contributed by atoms with Gasteiger partial charge in [-0.1, -0.05) is 45.2 Å². The summed E-state index contributed by atoms with van der Waals surface area (Å²) in [6, 6.07) is 3.04. The van der Waals surface area contributed by atoms with Crippen LogP contribution in [0.25, 0.3) is 17.1 Å². The molecule has 2 rings (SSSR count). The molecular formula is C22H28F3N3O. The van der Waals surface area contributed by atoms with Gasteiger partial charge in [0.05, 0.1) is 11.3 Å². The predicted molar refractivity (Wildman–Crippen MR) is 112 cm³/mol. The lowest BCUT2D eigenvalue weighted by Gasteiger charge is -1.99. The van der Waals surface area contributed by atoms with Crippen LogP contribution in [0.3, 0.4) is 0 Å². The molecule has 158 valence electrons. The van der Waals surface area contributed by atoms with Gasteiger partial charge < -0.3 is 10.3 Å². The number of aromatic nitrogens is 2. The highest BCUT2D eigenvalue weighted by atomic mass is 19.1. The van der Waals surface area contributed by atoms with Crippen LogP contribution in [0.2, 0.25) is 0 Å². The van der Waals surface area contributed by atoms with Crippen molar-refractivity contribution in [1.82, 2.24) is 10.1 Å². The number of nitrogens with two attached hydrogens (primary N) is 1. The lowest BCUT2D eigenvalue weighted by molar-refractivity contribution is 0.407. The van der Waals surface area contributed by atoms with Gasteiger partial charge in [0, 0.05) is 0 Å². The second-order valence-electron chi connectivity index (χ2n) is 5.53. The molecule has 29 heavy (non-hydrogen) atoms. The van der Waals surface area contributed by atoms with Crippen LogP contribution in [0.1, 0.15) is 46.9 Å². The summed E-state index contributed by atoms with van der Waals surface area (Å²) in [6.07, 6.45) is 3.35. The van der Waals surface area contributed by atoms with Gasteiger partial charge in [0.1, 0.15) is 17.5 Å². The topological polar surface area (TPSA) is 64.9 Å². The standard InChI is InChI=1S/C13H13F2N3O.C7H9F.C2H6/c1-3-7(2)11(16)13-17-12(18-19-13)9-6-8(14)4-5-10(9)15;1-4-6(3)7(8)5-2;1-2/h4-6H,3,16H2,1-2H3;4-5H,1-2H2,3H3;1-2H3/b11-7+;7-6+;. The van der Waals surface area contributed by atoms with E-state index in [0.717, 1.165) is 36.3 Å². The summed E-state index contributed by atoms with van der Waals surface area (Å²) in [5.41, 5.74) is 7.54. The normalized spacial score (nSPS) is 11.7. The zero-order chi connectivity index (χ0) is 22.6. The van der Waals surface area contributed by atoms with Crippen LogP contribution in [0.5, 0.6) is 0 Å². The Kier molecular flexibility index (Phi) is 11.7. The zero-order valence-electron chi connectivity index (χ0n) is 17.5. The molecule has 1 heterocycles. The van der Waals surface area contributed by atoms with Crippen LogP contribution in [0.15, 0.2) is 65.0 Å². The summed E-state index contributed by atoms with van der Waals surface area (Å²) in [5, 5.41) is 3.62. The molecule has 1 aromatic carbocycles. The van der Waals surface area contributed by atoms with Crippen molar-refractivity contribution in [3.05, 3.63) is 78.0 Å². The van der Waals surface area contributed by atoms with Gasteiger partial charge in [0.15, 0.2) is 0 Å². The Balaban J connectivity index is 0.000000664. The zero-order valence-corrected chi connectivity index (χ0v) is 17.5. The molecule has 0 atom stereocenters. The molecule has 0 radical (unpaired) electrons. The Morgan fingerprint density at radius 3 is 2.28 bits per heavy atom. The summed E-state index contributed by atoms with van der Waals surface area (Å²) < 4.78 is 43.8. The fourth-order valence-corrected chi connectivity index (χ4v) is 1.74. The van der Waals surface area contributed by atoms with Crippen molar-refractivity contribution in [3.63, 3.8) is 0 Å². The van der Waals surface area contributed by atoms with Gasteiger partial charge in [-0.05, 0) is 55.7 Å². The lowest BCUT2D eigenvalue weighted by Crippen LogP contribution is -2.00. The van der Waals surface area contributed by atoms with Gasteiger partial charge >= 0.3 is 0 Å². The van der Waals surface area contributed by atoms with Gasteiger partial charge in [0.25, 0.3) is 5.89 Å². The third-order valence-electron chi connectivity index (χ3n) is 3.68. The molecule has 7 heteroatoms. The quantitative estimate of drug-likeness (QED) is 0.557. The third-order valence-corrected chi connectivity index (χ3v) is 3.68. The van der Waals surface area contributed by atoms with E-state index in [0.29, 0.717) is 11.3 Å². The van der Waals surface area contributed by atoms with Crippen molar-refractivity contribution in [2.75, 3.05) is 0 Å². The first kappa shape index (κ1) is 25.9. The van der Waals surface area contributed by atoms with Gasteiger partial charge in [-0.3, -0.25) is 0 Å². The number of rotatable bonds is 5. The van der Waals surface area contributed by atoms with Crippen LogP contribution in [0.4, 0.5) is 13.2 Å². The minimum atomic E-state index is -0.622. The summed E-state index contributed by atoms with van der Waals surface area (Å²) in [5.74, 6) is -1.42. The van der Waals surface area contributed by atoms with E-state index in [2.05, 4.69) is 23.3 Å². The van der Waals surface area contributed by atoms with Crippen molar-refractivity contribution >= 4 is 5.70 Å². The van der Waals surface area contributed by atoms with E-state index in [1.165, 1.54) is 6.08 Å². The molecule has 0 amide bonds. The number of hydrogen-bond acceptors (Lipinski definition) is 4. The Morgan fingerprint density at radius 1 is 1.17 bits per heavy atom. The van der Waals surface area contributed by atoms with E-state index in [4.69, 9.17) is 10.3 Å². The predicted octanol–water partition coefficient (Wildman–Crippen LogP) is 6.74. The summed E-state index contributed by atoms with van der Waals surface area (Å²) >= 11 is 0. The number of benzene rings is 1. The first-order valence-corrected chi connectivity index (χ1v) is 9.11. The number of allylic oxidation sites excluding steroid dienone is 5. The number of halogens is 3. The number of hydrogen-bond donors (Lipinski definition) is 1. The van der Waals surface area contributed by atoms with Gasteiger partial charge in [-0.15, -0.1) is 0 Å². The molecule has 0 aliphatic rings. The average molecular weight is 407 g/mol. The van der Waals surface area contributed by atoms with Crippen molar-refractivity contribution in [2.24, 2.45) is 5.73 Å². The molecule has 1 aromatic heterocycles. The fraction of sp³-hybridized carbons (Fsp3) is 0.273. The minimum absolute atomic E-state index is 0.0288. The molecular weight excluding hydrogens is 379 g/mol. The van der Waals surface area contributed by atoms with E-state index in [9.17, 15) is 13.2 Å². The second-order valence-corrected chi connectivity index (χ2v) is 5.53. The second kappa shape index (κ2) is 13.1. The lowest BCUT2D eigenvalue weighted by atomic mass is 10.2. The first-order chi connectivity index (χ1) is 13.7. The van der Waals surface area contributed by atoms with Crippen molar-refractivity contribution < 1.29 is 17.7 Å². The van der Waals surface area contributed by atoms with Gasteiger partial charge in [-0.25, -0.2) is 13.2 Å². The Morgan fingerprint density at radius 2 is 1.79 bits per heavy atom.